The Hall–Kier alpha value is -1.10. The average molecular weight is 159 g/mol. The SMILES string of the molecule is O=C1NC=CC=CS1(=O)=O. The Kier molecular flexibility index (Phi) is 1.58. The lowest BCUT2D eigenvalue weighted by molar-refractivity contribution is 0.261. The predicted molar refractivity (Wildman–Crippen MR) is 35.7 cm³/mol. The molecule has 0 unspecified atom stereocenters. The molecule has 0 fully saturated rings. The third-order valence-electron chi connectivity index (χ3n) is 0.925. The van der Waals surface area contributed by atoms with Crippen LogP contribution < -0.4 is 5.32 Å². The lowest BCUT2D eigenvalue weighted by atomic mass is 10.6. The first-order chi connectivity index (χ1) is 4.63. The summed E-state index contributed by atoms with van der Waals surface area (Å²) in [6.45, 7) is 0. The number of carbonyl (C=O) groups is 1. The quantitative estimate of drug-likeness (QED) is 0.547. The molecule has 1 rings (SSSR count). The van der Waals surface area contributed by atoms with Crippen LogP contribution in [0.3, 0.4) is 0 Å². The summed E-state index contributed by atoms with van der Waals surface area (Å²) in [5, 5.41) is 1.93. The topological polar surface area (TPSA) is 63.2 Å². The van der Waals surface area contributed by atoms with Crippen molar-refractivity contribution < 1.29 is 13.2 Å². The Morgan fingerprint density at radius 1 is 1.30 bits per heavy atom. The molecular formula is C5H5NO3S. The summed E-state index contributed by atoms with van der Waals surface area (Å²) >= 11 is 0. The first-order valence-corrected chi connectivity index (χ1v) is 4.06. The van der Waals surface area contributed by atoms with Crippen molar-refractivity contribution in [3.05, 3.63) is 23.8 Å². The van der Waals surface area contributed by atoms with Gasteiger partial charge in [-0.3, -0.25) is 4.79 Å². The molecule has 0 radical (unpaired) electrons. The second kappa shape index (κ2) is 2.26. The van der Waals surface area contributed by atoms with Crippen molar-refractivity contribution in [2.75, 3.05) is 0 Å². The Labute approximate surface area is 58.2 Å². The second-order valence-electron chi connectivity index (χ2n) is 1.66. The molecule has 0 saturated heterocycles. The number of hydrogen-bond acceptors (Lipinski definition) is 3. The molecule has 4 nitrogen and oxygen atoms in total. The number of nitrogens with one attached hydrogen (secondary N) is 1. The maximum atomic E-state index is 10.7. The minimum absolute atomic E-state index is 0.853. The van der Waals surface area contributed by atoms with Gasteiger partial charge in [0.1, 0.15) is 0 Å². The van der Waals surface area contributed by atoms with Crippen LogP contribution in [0, 0.1) is 0 Å². The van der Waals surface area contributed by atoms with Gasteiger partial charge in [-0.1, -0.05) is 0 Å². The minimum Gasteiger partial charge on any atom is -0.319 e. The van der Waals surface area contributed by atoms with Gasteiger partial charge in [0.2, 0.25) is 0 Å². The van der Waals surface area contributed by atoms with Crippen molar-refractivity contribution in [3.63, 3.8) is 0 Å². The largest absolute Gasteiger partial charge is 0.344 e. The number of carbonyl (C=O) groups excluding carboxylic acids is 1. The molecule has 0 aromatic rings. The fourth-order valence-corrected chi connectivity index (χ4v) is 1.12. The van der Waals surface area contributed by atoms with E-state index in [4.69, 9.17) is 0 Å². The van der Waals surface area contributed by atoms with E-state index in [1.165, 1.54) is 18.4 Å². The minimum atomic E-state index is -3.69. The monoisotopic (exact) mass is 159 g/mol. The normalized spacial score (nSPS) is 21.8. The van der Waals surface area contributed by atoms with Crippen LogP contribution >= 0.6 is 0 Å². The molecule has 5 heteroatoms. The highest BCUT2D eigenvalue weighted by molar-refractivity contribution is 8.08. The van der Waals surface area contributed by atoms with Crippen LogP contribution in [0.15, 0.2) is 23.8 Å². The molecular weight excluding hydrogens is 154 g/mol. The molecule has 0 aromatic carbocycles. The zero-order valence-corrected chi connectivity index (χ0v) is 5.76. The van der Waals surface area contributed by atoms with Crippen molar-refractivity contribution >= 4 is 15.1 Å². The smallest absolute Gasteiger partial charge is 0.319 e. The van der Waals surface area contributed by atoms with Crippen LogP contribution in [0.25, 0.3) is 0 Å². The van der Waals surface area contributed by atoms with Crippen LogP contribution in [0.4, 0.5) is 4.79 Å². The second-order valence-corrected chi connectivity index (χ2v) is 3.40. The van der Waals surface area contributed by atoms with Gasteiger partial charge < -0.3 is 5.32 Å². The Morgan fingerprint density at radius 3 is 2.70 bits per heavy atom. The maximum absolute atomic E-state index is 10.7. The highest BCUT2D eigenvalue weighted by Gasteiger charge is 2.17. The molecule has 1 N–H and O–H groups in total. The van der Waals surface area contributed by atoms with Gasteiger partial charge in [-0.25, -0.2) is 8.42 Å². The van der Waals surface area contributed by atoms with E-state index in [2.05, 4.69) is 5.32 Å². The third-order valence-corrected chi connectivity index (χ3v) is 2.07. The molecule has 1 aliphatic rings. The summed E-state index contributed by atoms with van der Waals surface area (Å²) in [5.41, 5.74) is 0. The van der Waals surface area contributed by atoms with Crippen LogP contribution in [0.2, 0.25) is 0 Å². The third kappa shape index (κ3) is 1.24. The van der Waals surface area contributed by atoms with Crippen molar-refractivity contribution in [2.45, 2.75) is 0 Å². The summed E-state index contributed by atoms with van der Waals surface area (Å²) in [6, 6.07) is 0. The lowest BCUT2D eigenvalue weighted by Crippen LogP contribution is -2.22. The summed E-state index contributed by atoms with van der Waals surface area (Å²) in [7, 11) is -3.69. The van der Waals surface area contributed by atoms with Gasteiger partial charge in [0, 0.05) is 11.6 Å². The number of amides is 1. The molecule has 1 aliphatic heterocycles. The zero-order valence-electron chi connectivity index (χ0n) is 4.94. The van der Waals surface area contributed by atoms with Crippen molar-refractivity contribution in [3.8, 4) is 0 Å². The van der Waals surface area contributed by atoms with E-state index in [1.54, 1.807) is 0 Å². The number of sulfone groups is 1. The van der Waals surface area contributed by atoms with Crippen LogP contribution in [-0.4, -0.2) is 13.7 Å². The molecule has 54 valence electrons. The van der Waals surface area contributed by atoms with Crippen LogP contribution in [0.5, 0.6) is 0 Å². The molecule has 0 saturated carbocycles. The van der Waals surface area contributed by atoms with Gasteiger partial charge in [-0.15, -0.1) is 0 Å². The molecule has 0 aromatic heterocycles. The molecule has 0 atom stereocenters. The van der Waals surface area contributed by atoms with Gasteiger partial charge in [0.15, 0.2) is 0 Å². The van der Waals surface area contributed by atoms with E-state index in [1.807, 2.05) is 0 Å². The van der Waals surface area contributed by atoms with Crippen LogP contribution in [-0.2, 0) is 9.84 Å². The van der Waals surface area contributed by atoms with Gasteiger partial charge in [-0.05, 0) is 12.2 Å². The first kappa shape index (κ1) is 7.01. The highest BCUT2D eigenvalue weighted by Crippen LogP contribution is 1.97. The zero-order chi connectivity index (χ0) is 7.61. The van der Waals surface area contributed by atoms with E-state index in [9.17, 15) is 13.2 Å². The average Bonchev–Trinajstić information content (AvgIpc) is 1.96. The Morgan fingerprint density at radius 2 is 2.00 bits per heavy atom. The predicted octanol–water partition coefficient (Wildman–Crippen LogP) is 0.152. The van der Waals surface area contributed by atoms with Crippen molar-refractivity contribution in [1.82, 2.24) is 5.32 Å². The fraction of sp³-hybridized carbons (Fsp3) is 0. The number of rotatable bonds is 0. The Balaban J connectivity index is 3.11. The molecule has 0 bridgehead atoms. The molecule has 0 spiro atoms. The first-order valence-electron chi connectivity index (χ1n) is 2.52. The lowest BCUT2D eigenvalue weighted by Gasteiger charge is -1.91. The molecule has 1 heterocycles. The van der Waals surface area contributed by atoms with Crippen molar-refractivity contribution in [1.29, 1.82) is 0 Å². The maximum Gasteiger partial charge on any atom is 0.344 e. The van der Waals surface area contributed by atoms with E-state index in [0.29, 0.717) is 0 Å². The highest BCUT2D eigenvalue weighted by atomic mass is 32.2. The van der Waals surface area contributed by atoms with Gasteiger partial charge >= 0.3 is 5.24 Å². The molecule has 10 heavy (non-hydrogen) atoms. The van der Waals surface area contributed by atoms with E-state index in [-0.39, 0.29) is 0 Å². The standard InChI is InChI=1S/C5H5NO3S/c7-5-6-3-1-2-4-10(5,8)9/h1-4H,(H,6,7). The van der Waals surface area contributed by atoms with E-state index in [0.717, 1.165) is 5.41 Å². The number of allylic oxidation sites excluding steroid dienone is 2. The summed E-state index contributed by atoms with van der Waals surface area (Å²) < 4.78 is 21.3. The number of hydrogen-bond donors (Lipinski definition) is 1. The summed E-state index contributed by atoms with van der Waals surface area (Å²) in [6.07, 6.45) is 3.99. The summed E-state index contributed by atoms with van der Waals surface area (Å²) in [4.78, 5) is 10.5. The van der Waals surface area contributed by atoms with E-state index < -0.39 is 15.1 Å². The van der Waals surface area contributed by atoms with Gasteiger partial charge in [-0.2, -0.15) is 0 Å². The Bertz CT molecular complexity index is 299. The van der Waals surface area contributed by atoms with Crippen molar-refractivity contribution in [2.24, 2.45) is 0 Å². The van der Waals surface area contributed by atoms with Crippen LogP contribution in [0.1, 0.15) is 0 Å². The van der Waals surface area contributed by atoms with Gasteiger partial charge in [0.05, 0.1) is 0 Å². The fourth-order valence-electron chi connectivity index (χ4n) is 0.464. The van der Waals surface area contributed by atoms with Gasteiger partial charge in [0.25, 0.3) is 9.84 Å². The molecule has 1 amide bonds. The molecule has 0 aliphatic carbocycles. The van der Waals surface area contributed by atoms with E-state index >= 15 is 0 Å². The summed E-state index contributed by atoms with van der Waals surface area (Å²) in [5.74, 6) is 0.